The summed E-state index contributed by atoms with van der Waals surface area (Å²) in [7, 11) is -3.34. The van der Waals surface area contributed by atoms with Gasteiger partial charge in [0.05, 0.1) is 4.90 Å². The summed E-state index contributed by atoms with van der Waals surface area (Å²) in [6, 6.07) is 3.78. The van der Waals surface area contributed by atoms with E-state index in [1.54, 1.807) is 0 Å². The fourth-order valence-electron chi connectivity index (χ4n) is 1.58. The summed E-state index contributed by atoms with van der Waals surface area (Å²) >= 11 is 1.51. The molecular weight excluding hydrogens is 235 g/mol. The van der Waals surface area contributed by atoms with Crippen molar-refractivity contribution in [3.8, 4) is 0 Å². The quantitative estimate of drug-likeness (QED) is 0.749. The summed E-state index contributed by atoms with van der Waals surface area (Å²) in [5.74, 6) is 0.174. The maximum Gasteiger partial charge on any atom is 0.200 e. The van der Waals surface area contributed by atoms with E-state index >= 15 is 0 Å². The van der Waals surface area contributed by atoms with Gasteiger partial charge >= 0.3 is 0 Å². The van der Waals surface area contributed by atoms with Gasteiger partial charge in [-0.3, -0.25) is 0 Å². The molecule has 0 unspecified atom stereocenters. The van der Waals surface area contributed by atoms with Crippen LogP contribution in [0, 0.1) is 5.82 Å². The minimum Gasteiger partial charge on any atom is -0.219 e. The number of halogens is 1. The van der Waals surface area contributed by atoms with Crippen molar-refractivity contribution in [3.63, 3.8) is 0 Å². The maximum absolute atomic E-state index is 13.0. The van der Waals surface area contributed by atoms with E-state index in [1.807, 2.05) is 6.26 Å². The molecule has 1 aromatic carbocycles. The number of fused-ring (bicyclic) bond motifs is 1. The lowest BCUT2D eigenvalue weighted by atomic mass is 10.1. The van der Waals surface area contributed by atoms with Crippen molar-refractivity contribution in [1.82, 2.24) is 0 Å². The van der Waals surface area contributed by atoms with Crippen molar-refractivity contribution in [3.05, 3.63) is 35.0 Å². The standard InChI is InChI=1S/C10H9FO2S2/c1-14-5-7-6-15(12,13)10-3-2-8(11)4-9(7)10/h2-4,6H,5H2,1H3. The molecule has 0 saturated heterocycles. The first-order valence-corrected chi connectivity index (χ1v) is 7.23. The van der Waals surface area contributed by atoms with E-state index in [4.69, 9.17) is 0 Å². The van der Waals surface area contributed by atoms with Crippen LogP contribution in [-0.4, -0.2) is 20.4 Å². The van der Waals surface area contributed by atoms with Crippen molar-refractivity contribution in [1.29, 1.82) is 0 Å². The van der Waals surface area contributed by atoms with E-state index in [9.17, 15) is 12.8 Å². The fourth-order valence-corrected chi connectivity index (χ4v) is 3.70. The summed E-state index contributed by atoms with van der Waals surface area (Å²) in [4.78, 5) is 0.216. The Morgan fingerprint density at radius 1 is 1.40 bits per heavy atom. The van der Waals surface area contributed by atoms with Crippen molar-refractivity contribution >= 4 is 27.2 Å². The molecule has 5 heteroatoms. The van der Waals surface area contributed by atoms with Crippen LogP contribution in [0.15, 0.2) is 28.5 Å². The van der Waals surface area contributed by atoms with Crippen LogP contribution in [0.25, 0.3) is 5.57 Å². The number of hydrogen-bond acceptors (Lipinski definition) is 3. The minimum absolute atomic E-state index is 0.216. The highest BCUT2D eigenvalue weighted by Gasteiger charge is 2.26. The molecule has 0 spiro atoms. The monoisotopic (exact) mass is 244 g/mol. The summed E-state index contributed by atoms with van der Waals surface area (Å²) < 4.78 is 36.3. The summed E-state index contributed by atoms with van der Waals surface area (Å²) in [5.41, 5.74) is 1.18. The number of thioether (sulfide) groups is 1. The highest BCUT2D eigenvalue weighted by Crippen LogP contribution is 2.35. The smallest absolute Gasteiger partial charge is 0.200 e. The molecule has 1 aromatic rings. The predicted molar refractivity (Wildman–Crippen MR) is 59.9 cm³/mol. The Bertz CT molecular complexity index is 532. The topological polar surface area (TPSA) is 34.1 Å². The molecule has 1 aliphatic heterocycles. The molecule has 80 valence electrons. The van der Waals surface area contributed by atoms with Gasteiger partial charge in [0.15, 0.2) is 0 Å². The van der Waals surface area contributed by atoms with Gasteiger partial charge in [-0.25, -0.2) is 12.8 Å². The molecule has 1 heterocycles. The lowest BCUT2D eigenvalue weighted by Crippen LogP contribution is -1.93. The van der Waals surface area contributed by atoms with Crippen LogP contribution in [0.1, 0.15) is 5.56 Å². The zero-order valence-electron chi connectivity index (χ0n) is 8.03. The van der Waals surface area contributed by atoms with E-state index in [0.29, 0.717) is 16.9 Å². The molecule has 0 fully saturated rings. The van der Waals surface area contributed by atoms with Crippen LogP contribution in [0.2, 0.25) is 0 Å². The number of benzene rings is 1. The third-order valence-corrected chi connectivity index (χ3v) is 4.35. The minimum atomic E-state index is -3.34. The lowest BCUT2D eigenvalue weighted by Gasteiger charge is -2.02. The SMILES string of the molecule is CSCC1=CS(=O)(=O)c2ccc(F)cc21. The van der Waals surface area contributed by atoms with E-state index in [2.05, 4.69) is 0 Å². The van der Waals surface area contributed by atoms with Gasteiger partial charge in [-0.05, 0) is 30.0 Å². The van der Waals surface area contributed by atoms with Gasteiger partial charge in [-0.1, -0.05) is 0 Å². The van der Waals surface area contributed by atoms with Gasteiger partial charge in [-0.2, -0.15) is 11.8 Å². The Morgan fingerprint density at radius 3 is 2.80 bits per heavy atom. The molecule has 0 aromatic heterocycles. The predicted octanol–water partition coefficient (Wildman–Crippen LogP) is 2.32. The average molecular weight is 244 g/mol. The molecule has 0 aliphatic carbocycles. The number of rotatable bonds is 2. The second-order valence-electron chi connectivity index (χ2n) is 3.26. The molecule has 15 heavy (non-hydrogen) atoms. The molecule has 1 aliphatic rings. The average Bonchev–Trinajstić information content (AvgIpc) is 2.39. The molecule has 0 saturated carbocycles. The molecule has 0 atom stereocenters. The van der Waals surface area contributed by atoms with Crippen molar-refractivity contribution in [2.45, 2.75) is 4.90 Å². The highest BCUT2D eigenvalue weighted by molar-refractivity contribution is 7.99. The Morgan fingerprint density at radius 2 is 2.13 bits per heavy atom. The second kappa shape index (κ2) is 3.64. The molecule has 0 radical (unpaired) electrons. The van der Waals surface area contributed by atoms with E-state index in [1.165, 1.54) is 35.4 Å². The van der Waals surface area contributed by atoms with Gasteiger partial charge in [0.25, 0.3) is 0 Å². The van der Waals surface area contributed by atoms with Crippen molar-refractivity contribution in [2.24, 2.45) is 0 Å². The van der Waals surface area contributed by atoms with Crippen LogP contribution in [-0.2, 0) is 9.84 Å². The van der Waals surface area contributed by atoms with Gasteiger partial charge in [-0.15, -0.1) is 0 Å². The van der Waals surface area contributed by atoms with E-state index < -0.39 is 15.7 Å². The third kappa shape index (κ3) is 1.81. The molecule has 2 nitrogen and oxygen atoms in total. The first-order valence-electron chi connectivity index (χ1n) is 4.29. The Labute approximate surface area is 92.1 Å². The molecular formula is C10H9FO2S2. The second-order valence-corrected chi connectivity index (χ2v) is 5.89. The van der Waals surface area contributed by atoms with Crippen LogP contribution in [0.5, 0.6) is 0 Å². The Balaban J connectivity index is 2.63. The highest BCUT2D eigenvalue weighted by atomic mass is 32.2. The zero-order valence-corrected chi connectivity index (χ0v) is 9.66. The molecule has 0 amide bonds. The molecule has 0 bridgehead atoms. The van der Waals surface area contributed by atoms with Crippen LogP contribution < -0.4 is 0 Å². The summed E-state index contributed by atoms with van der Waals surface area (Å²) in [5, 5.41) is 1.23. The Kier molecular flexibility index (Phi) is 2.60. The lowest BCUT2D eigenvalue weighted by molar-refractivity contribution is 0.604. The van der Waals surface area contributed by atoms with Gasteiger partial charge in [0.1, 0.15) is 5.82 Å². The maximum atomic E-state index is 13.0. The van der Waals surface area contributed by atoms with Crippen LogP contribution >= 0.6 is 11.8 Å². The number of sulfone groups is 1. The van der Waals surface area contributed by atoms with Crippen molar-refractivity contribution < 1.29 is 12.8 Å². The van der Waals surface area contributed by atoms with E-state index in [-0.39, 0.29) is 4.90 Å². The van der Waals surface area contributed by atoms with Crippen LogP contribution in [0.4, 0.5) is 4.39 Å². The Hall–Kier alpha value is -0.810. The normalized spacial score (nSPS) is 17.3. The molecule has 2 rings (SSSR count). The van der Waals surface area contributed by atoms with Gasteiger partial charge in [0, 0.05) is 16.7 Å². The van der Waals surface area contributed by atoms with E-state index in [0.717, 1.165) is 0 Å². The summed E-state index contributed by atoms with van der Waals surface area (Å²) in [6.07, 6.45) is 1.88. The fraction of sp³-hybridized carbons (Fsp3) is 0.200. The van der Waals surface area contributed by atoms with Gasteiger partial charge in [0.2, 0.25) is 9.84 Å². The first kappa shape index (κ1) is 10.7. The summed E-state index contributed by atoms with van der Waals surface area (Å²) in [6.45, 7) is 0. The third-order valence-electron chi connectivity index (χ3n) is 2.19. The number of hydrogen-bond donors (Lipinski definition) is 0. The van der Waals surface area contributed by atoms with Crippen molar-refractivity contribution in [2.75, 3.05) is 12.0 Å². The molecule has 0 N–H and O–H groups in total. The zero-order chi connectivity index (χ0) is 11.1. The van der Waals surface area contributed by atoms with Crippen LogP contribution in [0.3, 0.4) is 0 Å². The first-order chi connectivity index (χ1) is 7.04. The van der Waals surface area contributed by atoms with Gasteiger partial charge < -0.3 is 0 Å². The largest absolute Gasteiger partial charge is 0.219 e.